The van der Waals surface area contributed by atoms with Crippen LogP contribution in [0.1, 0.15) is 47.4 Å². The summed E-state index contributed by atoms with van der Waals surface area (Å²) in [5, 5.41) is 11.9. The maximum Gasteiger partial charge on any atom is 0.281 e. The van der Waals surface area contributed by atoms with Gasteiger partial charge in [0, 0.05) is 12.0 Å². The third-order valence-electron chi connectivity index (χ3n) is 5.68. The molecule has 9 nitrogen and oxygen atoms in total. The molecule has 1 aliphatic heterocycles. The highest BCUT2D eigenvalue weighted by Crippen LogP contribution is 2.41. The molecule has 2 aromatic heterocycles. The average molecular weight is 442 g/mol. The Morgan fingerprint density at radius 2 is 1.94 bits per heavy atom. The summed E-state index contributed by atoms with van der Waals surface area (Å²) >= 11 is 0. The van der Waals surface area contributed by atoms with E-state index in [9.17, 15) is 13.2 Å². The molecule has 1 aliphatic carbocycles. The lowest BCUT2D eigenvalue weighted by molar-refractivity contribution is 0.101. The van der Waals surface area contributed by atoms with Crippen molar-refractivity contribution in [3.05, 3.63) is 54.0 Å². The number of aromatic nitrogens is 4. The molecule has 1 aromatic carbocycles. The van der Waals surface area contributed by atoms with Crippen molar-refractivity contribution >= 4 is 21.6 Å². The lowest BCUT2D eigenvalue weighted by Gasteiger charge is -2.13. The van der Waals surface area contributed by atoms with E-state index < -0.39 is 15.7 Å². The van der Waals surface area contributed by atoms with Gasteiger partial charge >= 0.3 is 0 Å². The Hall–Kier alpha value is -3.14. The van der Waals surface area contributed by atoms with Crippen LogP contribution in [-0.4, -0.2) is 52.5 Å². The number of sulfone groups is 1. The van der Waals surface area contributed by atoms with Crippen LogP contribution in [0.15, 0.2) is 42.6 Å². The van der Waals surface area contributed by atoms with E-state index in [1.54, 1.807) is 15.6 Å². The summed E-state index contributed by atoms with van der Waals surface area (Å²) in [6.45, 7) is 0. The maximum atomic E-state index is 13.1. The molecule has 10 heteroatoms. The molecular formula is C21H23N5O4S. The fourth-order valence-electron chi connectivity index (χ4n) is 3.89. The molecule has 31 heavy (non-hydrogen) atoms. The van der Waals surface area contributed by atoms with Gasteiger partial charge in [-0.25, -0.2) is 17.8 Å². The number of carbonyl (C=O) groups is 1. The zero-order chi connectivity index (χ0) is 21.6. The predicted octanol–water partition coefficient (Wildman–Crippen LogP) is 2.57. The highest BCUT2D eigenvalue weighted by molar-refractivity contribution is 7.91. The van der Waals surface area contributed by atoms with Gasteiger partial charge in [0.15, 0.2) is 21.3 Å². The minimum absolute atomic E-state index is 0.0353. The molecule has 5 rings (SSSR count). The molecule has 1 saturated heterocycles. The van der Waals surface area contributed by atoms with E-state index in [-0.39, 0.29) is 23.2 Å². The minimum atomic E-state index is -3.08. The van der Waals surface area contributed by atoms with Crippen molar-refractivity contribution in [1.82, 2.24) is 19.6 Å². The van der Waals surface area contributed by atoms with Crippen LogP contribution in [0.3, 0.4) is 0 Å². The van der Waals surface area contributed by atoms with Gasteiger partial charge in [-0.05, 0) is 31.4 Å². The summed E-state index contributed by atoms with van der Waals surface area (Å²) in [6, 6.07) is 11.0. The molecule has 0 spiro atoms. The first-order chi connectivity index (χ1) is 14.9. The SMILES string of the molecule is COc1cn(-c2ccccc2)nc1C(=O)Nc1cc(C2CC2)nn1[C@@H]1CCS(=O)(=O)C1. The number of hydrogen-bond acceptors (Lipinski definition) is 6. The second kappa shape index (κ2) is 7.52. The first-order valence-electron chi connectivity index (χ1n) is 10.2. The van der Waals surface area contributed by atoms with Gasteiger partial charge in [0.2, 0.25) is 0 Å². The second-order valence-electron chi connectivity index (χ2n) is 8.01. The van der Waals surface area contributed by atoms with Crippen LogP contribution >= 0.6 is 0 Å². The Bertz CT molecular complexity index is 1230. The number of amides is 1. The molecule has 2 aliphatic rings. The quantitative estimate of drug-likeness (QED) is 0.630. The van der Waals surface area contributed by atoms with Gasteiger partial charge < -0.3 is 10.1 Å². The Labute approximate surface area is 179 Å². The van der Waals surface area contributed by atoms with Gasteiger partial charge in [-0.15, -0.1) is 0 Å². The number of nitrogens with zero attached hydrogens (tertiary/aromatic N) is 4. The topological polar surface area (TPSA) is 108 Å². The average Bonchev–Trinajstić information content (AvgIpc) is 3.22. The molecule has 0 radical (unpaired) electrons. The molecule has 1 atom stereocenters. The fourth-order valence-corrected chi connectivity index (χ4v) is 5.58. The van der Waals surface area contributed by atoms with E-state index in [1.807, 2.05) is 36.4 Å². The normalized spacial score (nSPS) is 20.0. The number of anilines is 1. The largest absolute Gasteiger partial charge is 0.493 e. The van der Waals surface area contributed by atoms with E-state index in [2.05, 4.69) is 15.5 Å². The van der Waals surface area contributed by atoms with Gasteiger partial charge in [-0.1, -0.05) is 18.2 Å². The molecular weight excluding hydrogens is 418 g/mol. The highest BCUT2D eigenvalue weighted by atomic mass is 32.2. The van der Waals surface area contributed by atoms with Gasteiger partial charge in [0.05, 0.1) is 42.2 Å². The number of ether oxygens (including phenoxy) is 1. The van der Waals surface area contributed by atoms with Crippen molar-refractivity contribution in [3.63, 3.8) is 0 Å². The smallest absolute Gasteiger partial charge is 0.281 e. The Morgan fingerprint density at radius 3 is 2.58 bits per heavy atom. The molecule has 1 saturated carbocycles. The van der Waals surface area contributed by atoms with Crippen LogP contribution in [0, 0.1) is 0 Å². The molecule has 162 valence electrons. The molecule has 3 heterocycles. The Balaban J connectivity index is 1.45. The molecule has 1 amide bonds. The van der Waals surface area contributed by atoms with Crippen molar-refractivity contribution in [3.8, 4) is 11.4 Å². The third-order valence-corrected chi connectivity index (χ3v) is 7.43. The Kier molecular flexibility index (Phi) is 4.81. The van der Waals surface area contributed by atoms with Gasteiger partial charge in [0.1, 0.15) is 5.82 Å². The predicted molar refractivity (Wildman–Crippen MR) is 115 cm³/mol. The molecule has 1 N–H and O–H groups in total. The zero-order valence-corrected chi connectivity index (χ0v) is 17.9. The molecule has 2 fully saturated rings. The van der Waals surface area contributed by atoms with E-state index in [0.717, 1.165) is 24.2 Å². The van der Waals surface area contributed by atoms with E-state index in [0.29, 0.717) is 23.9 Å². The fraction of sp³-hybridized carbons (Fsp3) is 0.381. The molecule has 0 unspecified atom stereocenters. The third kappa shape index (κ3) is 3.95. The van der Waals surface area contributed by atoms with E-state index in [1.165, 1.54) is 7.11 Å². The summed E-state index contributed by atoms with van der Waals surface area (Å²) in [5.41, 5.74) is 1.84. The number of benzene rings is 1. The number of para-hydroxylation sites is 1. The van der Waals surface area contributed by atoms with Crippen molar-refractivity contribution < 1.29 is 17.9 Å². The summed E-state index contributed by atoms with van der Waals surface area (Å²) in [7, 11) is -1.60. The summed E-state index contributed by atoms with van der Waals surface area (Å²) < 4.78 is 32.6. The van der Waals surface area contributed by atoms with Crippen LogP contribution in [0.25, 0.3) is 5.69 Å². The van der Waals surface area contributed by atoms with Crippen LogP contribution in [0.5, 0.6) is 5.75 Å². The van der Waals surface area contributed by atoms with Gasteiger partial charge in [-0.3, -0.25) is 4.79 Å². The van der Waals surface area contributed by atoms with Crippen LogP contribution in [0.2, 0.25) is 0 Å². The van der Waals surface area contributed by atoms with Crippen LogP contribution < -0.4 is 10.1 Å². The number of rotatable bonds is 6. The van der Waals surface area contributed by atoms with E-state index in [4.69, 9.17) is 4.74 Å². The Morgan fingerprint density at radius 1 is 1.16 bits per heavy atom. The summed E-state index contributed by atoms with van der Waals surface area (Å²) in [5.74, 6) is 0.952. The van der Waals surface area contributed by atoms with E-state index >= 15 is 0 Å². The summed E-state index contributed by atoms with van der Waals surface area (Å²) in [4.78, 5) is 13.1. The second-order valence-corrected chi connectivity index (χ2v) is 10.2. The molecule has 0 bridgehead atoms. The van der Waals surface area contributed by atoms with Gasteiger partial charge in [0.25, 0.3) is 5.91 Å². The highest BCUT2D eigenvalue weighted by Gasteiger charge is 2.34. The van der Waals surface area contributed by atoms with Crippen LogP contribution in [0.4, 0.5) is 5.82 Å². The van der Waals surface area contributed by atoms with Crippen molar-refractivity contribution in [1.29, 1.82) is 0 Å². The lowest BCUT2D eigenvalue weighted by Crippen LogP contribution is -2.20. The number of hydrogen-bond donors (Lipinski definition) is 1. The monoisotopic (exact) mass is 441 g/mol. The first kappa shape index (κ1) is 19.8. The van der Waals surface area contributed by atoms with Crippen molar-refractivity contribution in [2.24, 2.45) is 0 Å². The summed E-state index contributed by atoms with van der Waals surface area (Å²) in [6.07, 6.45) is 4.26. The zero-order valence-electron chi connectivity index (χ0n) is 17.1. The van der Waals surface area contributed by atoms with Crippen LogP contribution in [-0.2, 0) is 9.84 Å². The van der Waals surface area contributed by atoms with Crippen molar-refractivity contribution in [2.45, 2.75) is 31.2 Å². The van der Waals surface area contributed by atoms with Crippen molar-refractivity contribution in [2.75, 3.05) is 23.9 Å². The first-order valence-corrected chi connectivity index (χ1v) is 12.1. The number of carbonyl (C=O) groups excluding carboxylic acids is 1. The maximum absolute atomic E-state index is 13.1. The lowest BCUT2D eigenvalue weighted by atomic mass is 10.2. The number of nitrogens with one attached hydrogen (secondary N) is 1. The molecule has 3 aromatic rings. The number of methoxy groups -OCH3 is 1. The van der Waals surface area contributed by atoms with Gasteiger partial charge in [-0.2, -0.15) is 10.2 Å². The minimum Gasteiger partial charge on any atom is -0.493 e. The standard InChI is InChI=1S/C21H23N5O4S/c1-30-18-12-25(15-5-3-2-4-6-15)24-20(18)21(27)22-19-11-17(14-7-8-14)23-26(19)16-9-10-31(28,29)13-16/h2-6,11-12,14,16H,7-10,13H2,1H3,(H,22,27)/t16-/m1/s1.